The van der Waals surface area contributed by atoms with Gasteiger partial charge in [0, 0.05) is 20.1 Å². The summed E-state index contributed by atoms with van der Waals surface area (Å²) < 4.78 is 47.0. The number of hydrogen-bond donors (Lipinski definition) is 4. The standard InChI is InChI=1S/C16H27F3N2O6/c1-9-12(23)13(24)11(21-10(2)22)14(27-9)26-8-6-4-3-5-7-20-15(25)16(17,18)19/h9,11-14,23-24H,3-8H2,1-2H3,(H,20,25)(H,21,22)/t9-,11-,12-,13-,14-/m1/s1. The molecule has 0 aromatic heterocycles. The molecule has 1 heterocycles. The Bertz CT molecular complexity index is 491. The zero-order valence-corrected chi connectivity index (χ0v) is 15.3. The highest BCUT2D eigenvalue weighted by Gasteiger charge is 2.43. The summed E-state index contributed by atoms with van der Waals surface area (Å²) in [4.78, 5) is 21.9. The molecule has 1 rings (SSSR count). The van der Waals surface area contributed by atoms with Gasteiger partial charge in [-0.05, 0) is 19.8 Å². The number of alkyl halides is 3. The lowest BCUT2D eigenvalue weighted by Gasteiger charge is -2.41. The summed E-state index contributed by atoms with van der Waals surface area (Å²) in [6.07, 6.45) is -6.63. The highest BCUT2D eigenvalue weighted by atomic mass is 19.4. The minimum Gasteiger partial charge on any atom is -0.388 e. The largest absolute Gasteiger partial charge is 0.471 e. The van der Waals surface area contributed by atoms with Crippen LogP contribution in [0, 0.1) is 0 Å². The van der Waals surface area contributed by atoms with Crippen LogP contribution in [0.3, 0.4) is 0 Å². The van der Waals surface area contributed by atoms with Crippen molar-refractivity contribution in [1.82, 2.24) is 10.6 Å². The summed E-state index contributed by atoms with van der Waals surface area (Å²) in [5, 5.41) is 24.2. The monoisotopic (exact) mass is 400 g/mol. The van der Waals surface area contributed by atoms with Crippen LogP contribution >= 0.6 is 0 Å². The maximum absolute atomic E-state index is 12.0. The van der Waals surface area contributed by atoms with Gasteiger partial charge in [-0.3, -0.25) is 9.59 Å². The summed E-state index contributed by atoms with van der Waals surface area (Å²) in [6, 6.07) is -0.911. The fourth-order valence-electron chi connectivity index (χ4n) is 2.64. The summed E-state index contributed by atoms with van der Waals surface area (Å²) in [7, 11) is 0. The lowest BCUT2D eigenvalue weighted by molar-refractivity contribution is -0.260. The van der Waals surface area contributed by atoms with Gasteiger partial charge < -0.3 is 30.3 Å². The van der Waals surface area contributed by atoms with Crippen molar-refractivity contribution in [2.24, 2.45) is 0 Å². The summed E-state index contributed by atoms with van der Waals surface area (Å²) in [5.74, 6) is -2.35. The predicted molar refractivity (Wildman–Crippen MR) is 87.4 cm³/mol. The van der Waals surface area contributed by atoms with Crippen LogP contribution < -0.4 is 10.6 Å². The number of hydrogen-bond acceptors (Lipinski definition) is 6. The van der Waals surface area contributed by atoms with Crippen molar-refractivity contribution >= 4 is 11.8 Å². The third-order valence-electron chi connectivity index (χ3n) is 4.11. The molecule has 1 aliphatic rings. The number of carbonyl (C=O) groups is 2. The van der Waals surface area contributed by atoms with E-state index in [0.29, 0.717) is 25.7 Å². The highest BCUT2D eigenvalue weighted by molar-refractivity contribution is 5.81. The molecule has 0 spiro atoms. The molecule has 1 saturated heterocycles. The van der Waals surface area contributed by atoms with E-state index in [4.69, 9.17) is 9.47 Å². The molecule has 0 bridgehead atoms. The second kappa shape index (κ2) is 10.8. The van der Waals surface area contributed by atoms with Crippen LogP contribution in [0.2, 0.25) is 0 Å². The molecule has 0 aromatic rings. The van der Waals surface area contributed by atoms with Crippen LogP contribution in [-0.4, -0.2) is 72.0 Å². The number of aliphatic hydroxyl groups excluding tert-OH is 2. The molecule has 0 radical (unpaired) electrons. The van der Waals surface area contributed by atoms with Crippen molar-refractivity contribution in [3.05, 3.63) is 0 Å². The smallest absolute Gasteiger partial charge is 0.388 e. The maximum atomic E-state index is 12.0. The first-order valence-electron chi connectivity index (χ1n) is 8.79. The van der Waals surface area contributed by atoms with Gasteiger partial charge in [0.1, 0.15) is 18.2 Å². The van der Waals surface area contributed by atoms with E-state index in [9.17, 15) is 33.0 Å². The third kappa shape index (κ3) is 7.99. The van der Waals surface area contributed by atoms with Gasteiger partial charge in [0.05, 0.1) is 6.10 Å². The van der Waals surface area contributed by atoms with E-state index in [0.717, 1.165) is 0 Å². The predicted octanol–water partition coefficient (Wildman–Crippen LogP) is 0.213. The Morgan fingerprint density at radius 3 is 2.33 bits per heavy atom. The first-order valence-corrected chi connectivity index (χ1v) is 8.79. The van der Waals surface area contributed by atoms with Crippen LogP contribution in [0.15, 0.2) is 0 Å². The Balaban J connectivity index is 2.25. The maximum Gasteiger partial charge on any atom is 0.471 e. The van der Waals surface area contributed by atoms with Crippen molar-refractivity contribution in [1.29, 1.82) is 0 Å². The summed E-state index contributed by atoms with van der Waals surface area (Å²) in [6.45, 7) is 3.03. The van der Waals surface area contributed by atoms with Gasteiger partial charge in [0.15, 0.2) is 6.29 Å². The van der Waals surface area contributed by atoms with Gasteiger partial charge in [-0.15, -0.1) is 0 Å². The number of amides is 2. The highest BCUT2D eigenvalue weighted by Crippen LogP contribution is 2.22. The number of rotatable bonds is 9. The molecule has 1 aliphatic heterocycles. The van der Waals surface area contributed by atoms with Crippen LogP contribution in [0.25, 0.3) is 0 Å². The SMILES string of the molecule is CC(=O)N[C@H]1[C@H](OCCCCCCNC(=O)C(F)(F)F)O[C@H](C)[C@@H](O)[C@@H]1O. The molecule has 5 atom stereocenters. The minimum absolute atomic E-state index is 0.0584. The number of ether oxygens (including phenoxy) is 2. The van der Waals surface area contributed by atoms with Gasteiger partial charge in [-0.2, -0.15) is 13.2 Å². The van der Waals surface area contributed by atoms with E-state index in [1.54, 1.807) is 12.2 Å². The van der Waals surface area contributed by atoms with E-state index in [2.05, 4.69) is 5.32 Å². The second-order valence-electron chi connectivity index (χ2n) is 6.46. The lowest BCUT2D eigenvalue weighted by atomic mass is 9.97. The van der Waals surface area contributed by atoms with Gasteiger partial charge >= 0.3 is 12.1 Å². The van der Waals surface area contributed by atoms with Crippen LogP contribution in [-0.2, 0) is 19.1 Å². The average Bonchev–Trinajstić information content (AvgIpc) is 2.57. The quantitative estimate of drug-likeness (QED) is 0.411. The van der Waals surface area contributed by atoms with Gasteiger partial charge in [-0.1, -0.05) is 12.8 Å². The molecular formula is C16H27F3N2O6. The summed E-state index contributed by atoms with van der Waals surface area (Å²) in [5.41, 5.74) is 0. The molecule has 1 fully saturated rings. The van der Waals surface area contributed by atoms with Gasteiger partial charge in [-0.25, -0.2) is 0 Å². The summed E-state index contributed by atoms with van der Waals surface area (Å²) >= 11 is 0. The number of carbonyl (C=O) groups excluding carboxylic acids is 2. The zero-order valence-electron chi connectivity index (χ0n) is 15.3. The van der Waals surface area contributed by atoms with E-state index < -0.39 is 48.6 Å². The molecule has 0 saturated carbocycles. The zero-order chi connectivity index (χ0) is 20.6. The Kier molecular flexibility index (Phi) is 9.43. The van der Waals surface area contributed by atoms with Crippen LogP contribution in [0.1, 0.15) is 39.5 Å². The average molecular weight is 400 g/mol. The Labute approximate surface area is 155 Å². The molecule has 11 heteroatoms. The van der Waals surface area contributed by atoms with Crippen molar-refractivity contribution in [2.75, 3.05) is 13.2 Å². The topological polar surface area (TPSA) is 117 Å². The molecule has 27 heavy (non-hydrogen) atoms. The molecule has 158 valence electrons. The van der Waals surface area contributed by atoms with Crippen LogP contribution in [0.5, 0.6) is 0 Å². The first-order chi connectivity index (χ1) is 12.5. The molecule has 0 aromatic carbocycles. The van der Waals surface area contributed by atoms with Crippen molar-refractivity contribution < 1.29 is 42.4 Å². The number of halogens is 3. The molecule has 0 unspecified atom stereocenters. The number of aliphatic hydroxyl groups is 2. The van der Waals surface area contributed by atoms with E-state index in [1.807, 2.05) is 0 Å². The first kappa shape index (κ1) is 23.6. The van der Waals surface area contributed by atoms with Crippen molar-refractivity contribution in [3.8, 4) is 0 Å². The Morgan fingerprint density at radius 2 is 1.74 bits per heavy atom. The second-order valence-corrected chi connectivity index (χ2v) is 6.46. The third-order valence-corrected chi connectivity index (χ3v) is 4.11. The fourth-order valence-corrected chi connectivity index (χ4v) is 2.64. The number of nitrogens with one attached hydrogen (secondary N) is 2. The molecule has 0 aliphatic carbocycles. The Morgan fingerprint density at radius 1 is 1.11 bits per heavy atom. The van der Waals surface area contributed by atoms with E-state index in [1.165, 1.54) is 6.92 Å². The van der Waals surface area contributed by atoms with E-state index in [-0.39, 0.29) is 13.2 Å². The lowest BCUT2D eigenvalue weighted by Crippen LogP contribution is -2.63. The molecule has 4 N–H and O–H groups in total. The Hall–Kier alpha value is -1.43. The van der Waals surface area contributed by atoms with Crippen LogP contribution in [0.4, 0.5) is 13.2 Å². The molecular weight excluding hydrogens is 373 g/mol. The number of unbranched alkanes of at least 4 members (excludes halogenated alkanes) is 3. The molecule has 2 amide bonds. The fraction of sp³-hybridized carbons (Fsp3) is 0.875. The minimum atomic E-state index is -4.87. The van der Waals surface area contributed by atoms with Crippen molar-refractivity contribution in [3.63, 3.8) is 0 Å². The van der Waals surface area contributed by atoms with Gasteiger partial charge in [0.2, 0.25) is 5.91 Å². The van der Waals surface area contributed by atoms with Gasteiger partial charge in [0.25, 0.3) is 0 Å². The van der Waals surface area contributed by atoms with E-state index >= 15 is 0 Å². The normalized spacial score (nSPS) is 28.6. The molecule has 8 nitrogen and oxygen atoms in total. The van der Waals surface area contributed by atoms with Crippen molar-refractivity contribution in [2.45, 2.75) is 76.4 Å².